The lowest BCUT2D eigenvalue weighted by Gasteiger charge is -2.12. The van der Waals surface area contributed by atoms with Crippen LogP contribution in [0.15, 0.2) is 45.8 Å². The van der Waals surface area contributed by atoms with Crippen molar-refractivity contribution in [2.24, 2.45) is 0 Å². The Morgan fingerprint density at radius 3 is 2.43 bits per heavy atom. The fraction of sp³-hybridized carbons (Fsp3) is 0.250. The number of hydrogen-bond acceptors (Lipinski definition) is 5. The summed E-state index contributed by atoms with van der Waals surface area (Å²) in [6, 6.07) is 8.87. The van der Waals surface area contributed by atoms with E-state index in [-0.39, 0.29) is 12.2 Å². The highest BCUT2D eigenvalue weighted by Crippen LogP contribution is 2.21. The van der Waals surface area contributed by atoms with Gasteiger partial charge in [-0.25, -0.2) is 4.79 Å². The predicted octanol–water partition coefficient (Wildman–Crippen LogP) is 2.55. The van der Waals surface area contributed by atoms with Gasteiger partial charge in [-0.3, -0.25) is 4.79 Å². The Morgan fingerprint density at radius 2 is 1.90 bits per heavy atom. The van der Waals surface area contributed by atoms with Gasteiger partial charge in [0.25, 0.3) is 0 Å². The summed E-state index contributed by atoms with van der Waals surface area (Å²) in [5, 5.41) is 0. The molecule has 0 amide bonds. The van der Waals surface area contributed by atoms with Crippen LogP contribution in [-0.4, -0.2) is 26.7 Å². The van der Waals surface area contributed by atoms with Crippen LogP contribution in [-0.2, 0) is 4.74 Å². The average molecular weight is 287 g/mol. The topological polar surface area (TPSA) is 59.8 Å². The van der Waals surface area contributed by atoms with E-state index in [1.165, 1.54) is 6.07 Å². The molecule has 110 valence electrons. The molecular formula is C16H17NO4. The summed E-state index contributed by atoms with van der Waals surface area (Å²) in [5.74, 6) is -0.251. The first-order valence-corrected chi connectivity index (χ1v) is 6.60. The molecule has 0 saturated heterocycles. The Labute approximate surface area is 122 Å². The normalized spacial score (nSPS) is 10.2. The van der Waals surface area contributed by atoms with Crippen molar-refractivity contribution in [3.63, 3.8) is 0 Å². The van der Waals surface area contributed by atoms with Crippen LogP contribution >= 0.6 is 0 Å². The van der Waals surface area contributed by atoms with Crippen molar-refractivity contribution in [1.29, 1.82) is 0 Å². The zero-order valence-corrected chi connectivity index (χ0v) is 12.3. The maximum Gasteiger partial charge on any atom is 0.345 e. The minimum Gasteiger partial charge on any atom is -0.463 e. The predicted molar refractivity (Wildman–Crippen MR) is 80.7 cm³/mol. The fourth-order valence-corrected chi connectivity index (χ4v) is 1.84. The number of hydrogen-bond donors (Lipinski definition) is 0. The molecule has 0 unspecified atom stereocenters. The third-order valence-electron chi connectivity index (χ3n) is 2.99. The molecule has 0 radical (unpaired) electrons. The van der Waals surface area contributed by atoms with E-state index in [9.17, 15) is 9.59 Å². The van der Waals surface area contributed by atoms with E-state index in [0.29, 0.717) is 5.76 Å². The lowest BCUT2D eigenvalue weighted by atomic mass is 10.1. The molecule has 0 spiro atoms. The lowest BCUT2D eigenvalue weighted by molar-refractivity contribution is 0.0522. The van der Waals surface area contributed by atoms with E-state index in [2.05, 4.69) is 0 Å². The molecule has 21 heavy (non-hydrogen) atoms. The van der Waals surface area contributed by atoms with Crippen LogP contribution in [0, 0.1) is 0 Å². The van der Waals surface area contributed by atoms with Gasteiger partial charge in [-0.05, 0) is 31.2 Å². The van der Waals surface area contributed by atoms with Gasteiger partial charge in [-0.2, -0.15) is 0 Å². The molecular weight excluding hydrogens is 270 g/mol. The first-order chi connectivity index (χ1) is 10.0. The minimum absolute atomic E-state index is 0.0921. The van der Waals surface area contributed by atoms with Crippen molar-refractivity contribution in [3.05, 3.63) is 52.4 Å². The molecule has 1 aromatic heterocycles. The Bertz CT molecular complexity index is 686. The van der Waals surface area contributed by atoms with Gasteiger partial charge < -0.3 is 14.1 Å². The van der Waals surface area contributed by atoms with Crippen molar-refractivity contribution in [3.8, 4) is 11.3 Å². The maximum atomic E-state index is 11.9. The molecule has 0 saturated carbocycles. The van der Waals surface area contributed by atoms with Gasteiger partial charge in [-0.1, -0.05) is 0 Å². The highest BCUT2D eigenvalue weighted by Gasteiger charge is 2.13. The van der Waals surface area contributed by atoms with Crippen LogP contribution in [0.3, 0.4) is 0 Å². The minimum atomic E-state index is -0.666. The summed E-state index contributed by atoms with van der Waals surface area (Å²) in [6.45, 7) is 1.90. The number of rotatable bonds is 4. The lowest BCUT2D eigenvalue weighted by Crippen LogP contribution is -2.16. The smallest absolute Gasteiger partial charge is 0.345 e. The molecule has 1 aromatic carbocycles. The van der Waals surface area contributed by atoms with E-state index in [1.54, 1.807) is 6.92 Å². The zero-order chi connectivity index (χ0) is 15.4. The van der Waals surface area contributed by atoms with Crippen molar-refractivity contribution in [2.45, 2.75) is 6.92 Å². The van der Waals surface area contributed by atoms with E-state index < -0.39 is 11.4 Å². The standard InChI is InChI=1S/C16H17NO4/c1-4-20-16(19)13-10-21-15(9-14(13)18)11-5-7-12(8-6-11)17(2)3/h5-10H,4H2,1-3H3. The Kier molecular flexibility index (Phi) is 4.42. The van der Waals surface area contributed by atoms with Gasteiger partial charge in [0.1, 0.15) is 17.6 Å². The molecule has 0 atom stereocenters. The van der Waals surface area contributed by atoms with Crippen LogP contribution in [0.5, 0.6) is 0 Å². The molecule has 0 fully saturated rings. The van der Waals surface area contributed by atoms with Gasteiger partial charge >= 0.3 is 5.97 Å². The molecule has 0 aliphatic rings. The van der Waals surface area contributed by atoms with Gasteiger partial charge in [0, 0.05) is 31.4 Å². The third kappa shape index (κ3) is 3.31. The summed E-state index contributed by atoms with van der Waals surface area (Å²) >= 11 is 0. The molecule has 2 aromatic rings. The van der Waals surface area contributed by atoms with Crippen molar-refractivity contribution >= 4 is 11.7 Å². The van der Waals surface area contributed by atoms with E-state index >= 15 is 0 Å². The second-order valence-electron chi connectivity index (χ2n) is 4.68. The van der Waals surface area contributed by atoms with Crippen LogP contribution in [0.25, 0.3) is 11.3 Å². The van der Waals surface area contributed by atoms with Crippen LogP contribution in [0.1, 0.15) is 17.3 Å². The SMILES string of the molecule is CCOC(=O)c1coc(-c2ccc(N(C)C)cc2)cc1=O. The van der Waals surface area contributed by atoms with Crippen LogP contribution in [0.4, 0.5) is 5.69 Å². The third-order valence-corrected chi connectivity index (χ3v) is 2.99. The summed E-state index contributed by atoms with van der Waals surface area (Å²) in [7, 11) is 3.90. The van der Waals surface area contributed by atoms with Gasteiger partial charge in [-0.15, -0.1) is 0 Å². The molecule has 2 rings (SSSR count). The van der Waals surface area contributed by atoms with Gasteiger partial charge in [0.2, 0.25) is 0 Å². The Hall–Kier alpha value is -2.56. The molecule has 0 N–H and O–H groups in total. The Morgan fingerprint density at radius 1 is 1.24 bits per heavy atom. The quantitative estimate of drug-likeness (QED) is 0.809. The largest absolute Gasteiger partial charge is 0.463 e. The van der Waals surface area contributed by atoms with Gasteiger partial charge in [0.15, 0.2) is 5.43 Å². The van der Waals surface area contributed by atoms with Gasteiger partial charge in [0.05, 0.1) is 6.61 Å². The van der Waals surface area contributed by atoms with Crippen LogP contribution in [0.2, 0.25) is 0 Å². The second kappa shape index (κ2) is 6.26. The number of esters is 1. The summed E-state index contributed by atoms with van der Waals surface area (Å²) in [6.07, 6.45) is 1.15. The highest BCUT2D eigenvalue weighted by atomic mass is 16.5. The number of nitrogens with zero attached hydrogens (tertiary/aromatic N) is 1. The molecule has 1 heterocycles. The van der Waals surface area contributed by atoms with E-state index in [0.717, 1.165) is 17.5 Å². The number of anilines is 1. The van der Waals surface area contributed by atoms with Crippen LogP contribution < -0.4 is 10.3 Å². The first-order valence-electron chi connectivity index (χ1n) is 6.60. The summed E-state index contributed by atoms with van der Waals surface area (Å²) < 4.78 is 10.2. The first kappa shape index (κ1) is 14.8. The number of carbonyl (C=O) groups is 1. The zero-order valence-electron chi connectivity index (χ0n) is 12.3. The van der Waals surface area contributed by atoms with E-state index in [4.69, 9.17) is 9.15 Å². The number of benzene rings is 1. The summed E-state index contributed by atoms with van der Waals surface area (Å²) in [5.41, 5.74) is 1.31. The molecule has 0 aliphatic heterocycles. The monoisotopic (exact) mass is 287 g/mol. The molecule has 0 aliphatic carbocycles. The molecule has 0 bridgehead atoms. The highest BCUT2D eigenvalue weighted by molar-refractivity contribution is 5.89. The van der Waals surface area contributed by atoms with Crippen molar-refractivity contribution in [1.82, 2.24) is 0 Å². The van der Waals surface area contributed by atoms with E-state index in [1.807, 2.05) is 43.3 Å². The second-order valence-corrected chi connectivity index (χ2v) is 4.68. The van der Waals surface area contributed by atoms with Crippen molar-refractivity contribution < 1.29 is 13.9 Å². The number of ether oxygens (including phenoxy) is 1. The molecule has 5 heteroatoms. The summed E-state index contributed by atoms with van der Waals surface area (Å²) in [4.78, 5) is 25.5. The average Bonchev–Trinajstić information content (AvgIpc) is 2.47. The van der Waals surface area contributed by atoms with Crippen molar-refractivity contribution in [2.75, 3.05) is 25.6 Å². The Balaban J connectivity index is 2.31. The maximum absolute atomic E-state index is 11.9. The number of carbonyl (C=O) groups excluding carboxylic acids is 1. The molecule has 5 nitrogen and oxygen atoms in total. The fourth-order valence-electron chi connectivity index (χ4n) is 1.84.